The van der Waals surface area contributed by atoms with Crippen molar-refractivity contribution in [3.05, 3.63) is 211 Å². The number of para-hydroxylation sites is 3. The second-order valence-corrected chi connectivity index (χ2v) is 15.4. The summed E-state index contributed by atoms with van der Waals surface area (Å²) in [5, 5.41) is 1.24. The Morgan fingerprint density at radius 2 is 1.00 bits per heavy atom. The quantitative estimate of drug-likeness (QED) is 0.167. The van der Waals surface area contributed by atoms with Gasteiger partial charge in [-0.1, -0.05) is 153 Å². The molecule has 56 heavy (non-hydrogen) atoms. The Morgan fingerprint density at radius 1 is 0.411 bits per heavy atom. The molecular formula is C53H39N3. The van der Waals surface area contributed by atoms with Crippen LogP contribution in [0.2, 0.25) is 0 Å². The lowest BCUT2D eigenvalue weighted by Gasteiger charge is -2.28. The smallest absolute Gasteiger partial charge is 0.131 e. The predicted molar refractivity (Wildman–Crippen MR) is 235 cm³/mol. The first-order valence-electron chi connectivity index (χ1n) is 19.4. The highest BCUT2D eigenvalue weighted by Crippen LogP contribution is 2.51. The van der Waals surface area contributed by atoms with Gasteiger partial charge in [-0.3, -0.25) is 8.97 Å². The summed E-state index contributed by atoms with van der Waals surface area (Å²) in [7, 11) is 0. The fourth-order valence-corrected chi connectivity index (χ4v) is 9.27. The molecule has 0 spiro atoms. The normalized spacial score (nSPS) is 13.0. The van der Waals surface area contributed by atoms with Crippen molar-refractivity contribution in [1.29, 1.82) is 0 Å². The first kappa shape index (κ1) is 32.3. The molecule has 0 N–H and O–H groups in total. The molecule has 0 fully saturated rings. The van der Waals surface area contributed by atoms with Crippen LogP contribution in [0.4, 0.5) is 17.1 Å². The second-order valence-electron chi connectivity index (χ2n) is 15.4. The highest BCUT2D eigenvalue weighted by molar-refractivity contribution is 6.09. The third-order valence-electron chi connectivity index (χ3n) is 11.9. The Kier molecular flexibility index (Phi) is 7.20. The molecule has 266 valence electrons. The van der Waals surface area contributed by atoms with Crippen LogP contribution < -0.4 is 4.90 Å². The van der Waals surface area contributed by atoms with Gasteiger partial charge in [-0.05, 0) is 99.6 Å². The van der Waals surface area contributed by atoms with Gasteiger partial charge < -0.3 is 4.90 Å². The lowest BCUT2D eigenvalue weighted by molar-refractivity contribution is 0.660. The Morgan fingerprint density at radius 3 is 1.79 bits per heavy atom. The van der Waals surface area contributed by atoms with E-state index >= 15 is 0 Å². The average molecular weight is 718 g/mol. The first-order valence-corrected chi connectivity index (χ1v) is 19.4. The molecule has 1 aliphatic rings. The highest BCUT2D eigenvalue weighted by Gasteiger charge is 2.36. The van der Waals surface area contributed by atoms with Gasteiger partial charge in [0.2, 0.25) is 0 Å². The fourth-order valence-electron chi connectivity index (χ4n) is 9.27. The zero-order chi connectivity index (χ0) is 37.4. The molecular weight excluding hydrogens is 679 g/mol. The molecule has 0 radical (unpaired) electrons. The van der Waals surface area contributed by atoms with Gasteiger partial charge >= 0.3 is 0 Å². The van der Waals surface area contributed by atoms with Crippen LogP contribution >= 0.6 is 0 Å². The van der Waals surface area contributed by atoms with E-state index in [0.717, 1.165) is 28.4 Å². The monoisotopic (exact) mass is 717 g/mol. The highest BCUT2D eigenvalue weighted by atomic mass is 15.2. The maximum Gasteiger partial charge on any atom is 0.131 e. The topological polar surface area (TPSA) is 12.6 Å². The van der Waals surface area contributed by atoms with Crippen molar-refractivity contribution in [2.24, 2.45) is 0 Å². The molecule has 0 saturated heterocycles. The molecule has 3 heteroatoms. The summed E-state index contributed by atoms with van der Waals surface area (Å²) in [6.45, 7) is 4.71. The molecule has 2 aromatic heterocycles. The van der Waals surface area contributed by atoms with Crippen molar-refractivity contribution in [2.75, 3.05) is 4.90 Å². The summed E-state index contributed by atoms with van der Waals surface area (Å²) in [6.07, 6.45) is 0. The Bertz CT molecular complexity index is 3090. The van der Waals surface area contributed by atoms with E-state index in [1.165, 1.54) is 66.4 Å². The summed E-state index contributed by atoms with van der Waals surface area (Å²) in [6, 6.07) is 73.0. The van der Waals surface area contributed by atoms with Crippen molar-refractivity contribution in [1.82, 2.24) is 8.97 Å². The number of anilines is 3. The van der Waals surface area contributed by atoms with E-state index in [9.17, 15) is 0 Å². The van der Waals surface area contributed by atoms with Gasteiger partial charge in [0.15, 0.2) is 0 Å². The van der Waals surface area contributed by atoms with E-state index in [2.05, 4.69) is 228 Å². The Labute approximate surface area is 327 Å². The summed E-state index contributed by atoms with van der Waals surface area (Å²) in [5.74, 6) is 0. The first-order chi connectivity index (χ1) is 27.6. The minimum atomic E-state index is -0.118. The lowest BCUT2D eigenvalue weighted by atomic mass is 9.82. The van der Waals surface area contributed by atoms with Gasteiger partial charge in [0.05, 0.1) is 16.6 Å². The van der Waals surface area contributed by atoms with Gasteiger partial charge in [-0.2, -0.15) is 0 Å². The largest absolute Gasteiger partial charge is 0.310 e. The van der Waals surface area contributed by atoms with Crippen molar-refractivity contribution in [3.63, 3.8) is 0 Å². The van der Waals surface area contributed by atoms with Crippen molar-refractivity contribution in [2.45, 2.75) is 19.3 Å². The zero-order valence-electron chi connectivity index (χ0n) is 31.4. The number of benzene rings is 8. The van der Waals surface area contributed by atoms with E-state index in [1.807, 2.05) is 0 Å². The van der Waals surface area contributed by atoms with Gasteiger partial charge in [-0.15, -0.1) is 0 Å². The van der Waals surface area contributed by atoms with Crippen LogP contribution in [0, 0.1) is 0 Å². The summed E-state index contributed by atoms with van der Waals surface area (Å²) in [5.41, 5.74) is 19.3. The van der Waals surface area contributed by atoms with Crippen molar-refractivity contribution in [3.8, 4) is 39.1 Å². The maximum absolute atomic E-state index is 2.46. The van der Waals surface area contributed by atoms with Gasteiger partial charge in [-0.25, -0.2) is 0 Å². The van der Waals surface area contributed by atoms with Gasteiger partial charge in [0.1, 0.15) is 5.65 Å². The molecule has 11 rings (SSSR count). The summed E-state index contributed by atoms with van der Waals surface area (Å²) < 4.78 is 4.90. The molecule has 0 aliphatic heterocycles. The number of hydrogen-bond donors (Lipinski definition) is 0. The molecule has 0 atom stereocenters. The molecule has 10 aromatic rings. The van der Waals surface area contributed by atoms with E-state index in [0.29, 0.717) is 0 Å². The van der Waals surface area contributed by atoms with Crippen molar-refractivity contribution < 1.29 is 0 Å². The zero-order valence-corrected chi connectivity index (χ0v) is 31.4. The van der Waals surface area contributed by atoms with Crippen LogP contribution in [-0.2, 0) is 5.41 Å². The van der Waals surface area contributed by atoms with Crippen LogP contribution in [0.1, 0.15) is 25.0 Å². The van der Waals surface area contributed by atoms with Gasteiger partial charge in [0, 0.05) is 39.1 Å². The summed E-state index contributed by atoms with van der Waals surface area (Å²) >= 11 is 0. The molecule has 0 amide bonds. The fraction of sp³-hybridized carbons (Fsp3) is 0.0566. The molecule has 1 aliphatic carbocycles. The number of aromatic nitrogens is 2. The van der Waals surface area contributed by atoms with Crippen LogP contribution in [0.3, 0.4) is 0 Å². The third-order valence-corrected chi connectivity index (χ3v) is 11.9. The minimum Gasteiger partial charge on any atom is -0.310 e. The van der Waals surface area contributed by atoms with Crippen LogP contribution in [0.15, 0.2) is 200 Å². The van der Waals surface area contributed by atoms with Crippen LogP contribution in [0.5, 0.6) is 0 Å². The van der Waals surface area contributed by atoms with Crippen LogP contribution in [-0.4, -0.2) is 8.97 Å². The number of nitrogens with zero attached hydrogens (tertiary/aromatic N) is 3. The van der Waals surface area contributed by atoms with Crippen molar-refractivity contribution >= 4 is 44.6 Å². The van der Waals surface area contributed by atoms with E-state index in [4.69, 9.17) is 0 Å². The standard InChI is InChI=1S/C53H39N3/c1-53(2)46-24-11-9-22-43(46)44-33-32-42(35-47(44)53)54(39-30-28-37(29-31-39)36-16-5-3-6-17-36)40-20-15-21-41(34-40)55-49-26-13-14-27-50(49)56-48-25-12-10-23-45(48)51(52(55)56)38-18-7-4-8-19-38/h3-35H,1-2H3. The van der Waals surface area contributed by atoms with E-state index in [1.54, 1.807) is 0 Å². The molecule has 0 unspecified atom stereocenters. The third kappa shape index (κ3) is 4.84. The number of fused-ring (bicyclic) bond motifs is 8. The predicted octanol–water partition coefficient (Wildman–Crippen LogP) is 14.1. The van der Waals surface area contributed by atoms with Gasteiger partial charge in [0.25, 0.3) is 0 Å². The SMILES string of the molecule is CC1(C)c2ccccc2-c2ccc(N(c3ccc(-c4ccccc4)cc3)c3cccc(-n4c5ccccc5n5c6ccccc6c(-c6ccccc6)c45)c3)cc21. The Hall–Kier alpha value is -7.10. The lowest BCUT2D eigenvalue weighted by Crippen LogP contribution is -2.16. The molecule has 0 bridgehead atoms. The molecule has 3 nitrogen and oxygen atoms in total. The van der Waals surface area contributed by atoms with Crippen LogP contribution in [0.25, 0.3) is 66.7 Å². The van der Waals surface area contributed by atoms with E-state index < -0.39 is 0 Å². The minimum absolute atomic E-state index is 0.118. The number of rotatable bonds is 6. The molecule has 2 heterocycles. The Balaban J connectivity index is 1.14. The molecule has 0 saturated carbocycles. The maximum atomic E-state index is 2.46. The van der Waals surface area contributed by atoms with E-state index in [-0.39, 0.29) is 5.41 Å². The summed E-state index contributed by atoms with van der Waals surface area (Å²) in [4.78, 5) is 2.42. The molecule has 8 aromatic carbocycles. The number of hydrogen-bond acceptors (Lipinski definition) is 1. The number of imidazole rings is 1. The average Bonchev–Trinajstić information content (AvgIpc) is 3.85. The second kappa shape index (κ2) is 12.5.